The van der Waals surface area contributed by atoms with Gasteiger partial charge < -0.3 is 9.52 Å². The van der Waals surface area contributed by atoms with E-state index in [0.717, 1.165) is 17.4 Å². The van der Waals surface area contributed by atoms with Gasteiger partial charge >= 0.3 is 0 Å². The Bertz CT molecular complexity index is 715. The number of furan rings is 1. The third kappa shape index (κ3) is 2.49. The maximum Gasteiger partial charge on any atom is 0.136 e. The highest BCUT2D eigenvalue weighted by molar-refractivity contribution is 7.07. The molecule has 2 aromatic heterocycles. The highest BCUT2D eigenvalue weighted by atomic mass is 32.1. The van der Waals surface area contributed by atoms with Crippen molar-refractivity contribution < 1.29 is 13.9 Å². The van der Waals surface area contributed by atoms with Crippen molar-refractivity contribution in [2.24, 2.45) is 0 Å². The first kappa shape index (κ1) is 13.3. The van der Waals surface area contributed by atoms with E-state index in [2.05, 4.69) is 11.4 Å². The molecular weight excluding hydrogens is 275 g/mol. The van der Waals surface area contributed by atoms with Gasteiger partial charge in [-0.25, -0.2) is 4.39 Å². The van der Waals surface area contributed by atoms with E-state index in [1.165, 1.54) is 17.7 Å². The molecule has 2 heterocycles. The van der Waals surface area contributed by atoms with Crippen LogP contribution in [0.2, 0.25) is 0 Å². The van der Waals surface area contributed by atoms with E-state index in [9.17, 15) is 9.50 Å². The maximum atomic E-state index is 13.3. The molecule has 1 aromatic carbocycles. The molecule has 0 aliphatic rings. The van der Waals surface area contributed by atoms with Crippen LogP contribution in [0, 0.1) is 12.7 Å². The van der Waals surface area contributed by atoms with E-state index in [1.54, 1.807) is 17.4 Å². The van der Waals surface area contributed by atoms with Gasteiger partial charge in [0.05, 0.1) is 0 Å². The average Bonchev–Trinajstić information content (AvgIpc) is 3.05. The van der Waals surface area contributed by atoms with Crippen molar-refractivity contribution >= 4 is 22.3 Å². The van der Waals surface area contributed by atoms with E-state index < -0.39 is 6.10 Å². The lowest BCUT2D eigenvalue weighted by Crippen LogP contribution is -1.99. The Hall–Kier alpha value is -1.65. The molecule has 1 unspecified atom stereocenters. The lowest BCUT2D eigenvalue weighted by molar-refractivity contribution is 0.142. The topological polar surface area (TPSA) is 33.4 Å². The summed E-state index contributed by atoms with van der Waals surface area (Å²) in [4.78, 5) is 0. The lowest BCUT2D eigenvalue weighted by atomic mass is 10.0. The third-order valence-corrected chi connectivity index (χ3v) is 4.26. The summed E-state index contributed by atoms with van der Waals surface area (Å²) in [7, 11) is 0. The van der Waals surface area contributed by atoms with Gasteiger partial charge in [-0.1, -0.05) is 0 Å². The molecule has 0 bridgehead atoms. The van der Waals surface area contributed by atoms with E-state index >= 15 is 0 Å². The fraction of sp³-hybridized carbons (Fsp3) is 0.250. The Morgan fingerprint density at radius 2 is 2.20 bits per heavy atom. The number of hydrogen-bond acceptors (Lipinski definition) is 3. The molecule has 0 radical (unpaired) electrons. The fourth-order valence-electron chi connectivity index (χ4n) is 2.40. The summed E-state index contributed by atoms with van der Waals surface area (Å²) in [6.45, 7) is 1.86. The van der Waals surface area contributed by atoms with Gasteiger partial charge in [-0.3, -0.25) is 0 Å². The van der Waals surface area contributed by atoms with Gasteiger partial charge in [-0.2, -0.15) is 11.3 Å². The zero-order valence-corrected chi connectivity index (χ0v) is 11.9. The van der Waals surface area contributed by atoms with Crippen molar-refractivity contribution in [3.63, 3.8) is 0 Å². The van der Waals surface area contributed by atoms with Gasteiger partial charge in [0.2, 0.25) is 0 Å². The number of hydrogen-bond donors (Lipinski definition) is 1. The minimum Gasteiger partial charge on any atom is -0.458 e. The predicted octanol–water partition coefficient (Wildman–Crippen LogP) is 4.61. The number of aryl methyl sites for hydroxylation is 2. The normalized spacial score (nSPS) is 12.9. The van der Waals surface area contributed by atoms with Crippen LogP contribution in [0.15, 0.2) is 39.4 Å². The smallest absolute Gasteiger partial charge is 0.136 e. The molecular formula is C16H15FO2S. The molecule has 0 saturated carbocycles. The molecule has 0 aliphatic heterocycles. The Morgan fingerprint density at radius 1 is 1.35 bits per heavy atom. The van der Waals surface area contributed by atoms with Crippen LogP contribution < -0.4 is 0 Å². The van der Waals surface area contributed by atoms with Crippen LogP contribution in [0.3, 0.4) is 0 Å². The van der Waals surface area contributed by atoms with Gasteiger partial charge in [0.1, 0.15) is 23.3 Å². The second-order valence-corrected chi connectivity index (χ2v) is 5.70. The van der Waals surface area contributed by atoms with Crippen molar-refractivity contribution in [1.82, 2.24) is 0 Å². The number of halogens is 1. The Labute approximate surface area is 120 Å². The zero-order chi connectivity index (χ0) is 14.1. The van der Waals surface area contributed by atoms with E-state index in [4.69, 9.17) is 4.42 Å². The van der Waals surface area contributed by atoms with Crippen molar-refractivity contribution in [1.29, 1.82) is 0 Å². The van der Waals surface area contributed by atoms with Crippen LogP contribution in [0.5, 0.6) is 0 Å². The summed E-state index contributed by atoms with van der Waals surface area (Å²) in [6, 6.07) is 6.47. The molecule has 0 amide bonds. The van der Waals surface area contributed by atoms with Crippen molar-refractivity contribution in [3.8, 4) is 0 Å². The van der Waals surface area contributed by atoms with Crippen LogP contribution in [-0.2, 0) is 6.42 Å². The zero-order valence-electron chi connectivity index (χ0n) is 11.1. The molecule has 0 aliphatic carbocycles. The van der Waals surface area contributed by atoms with Gasteiger partial charge in [0.15, 0.2) is 0 Å². The molecule has 3 aromatic rings. The second kappa shape index (κ2) is 5.38. The van der Waals surface area contributed by atoms with E-state index in [1.807, 2.05) is 12.3 Å². The summed E-state index contributed by atoms with van der Waals surface area (Å²) >= 11 is 1.65. The number of thiophene rings is 1. The third-order valence-electron chi connectivity index (χ3n) is 3.52. The number of benzene rings is 1. The van der Waals surface area contributed by atoms with Crippen LogP contribution >= 0.6 is 11.3 Å². The average molecular weight is 290 g/mol. The van der Waals surface area contributed by atoms with E-state index in [-0.39, 0.29) is 5.82 Å². The molecule has 0 saturated heterocycles. The molecule has 0 fully saturated rings. The lowest BCUT2D eigenvalue weighted by Gasteiger charge is -2.08. The summed E-state index contributed by atoms with van der Waals surface area (Å²) in [5, 5.41) is 15.1. The Kier molecular flexibility index (Phi) is 3.59. The minimum absolute atomic E-state index is 0.291. The Balaban J connectivity index is 1.84. The molecule has 1 N–H and O–H groups in total. The summed E-state index contributed by atoms with van der Waals surface area (Å²) in [5.74, 6) is 0.251. The molecule has 0 spiro atoms. The van der Waals surface area contributed by atoms with Crippen LogP contribution in [0.4, 0.5) is 4.39 Å². The van der Waals surface area contributed by atoms with Crippen molar-refractivity contribution in [3.05, 3.63) is 57.7 Å². The standard InChI is InChI=1S/C16H15FO2S/c1-10-13-8-12(17)3-5-15(13)19-16(10)14(18)4-2-11-6-7-20-9-11/h3,5-9,14,18H,2,4H2,1H3. The number of fused-ring (bicyclic) bond motifs is 1. The van der Waals surface area contributed by atoms with E-state index in [0.29, 0.717) is 17.8 Å². The largest absolute Gasteiger partial charge is 0.458 e. The summed E-state index contributed by atoms with van der Waals surface area (Å²) in [5.41, 5.74) is 2.65. The first-order chi connectivity index (χ1) is 9.65. The number of aliphatic hydroxyl groups excluding tert-OH is 1. The summed E-state index contributed by atoms with van der Waals surface area (Å²) < 4.78 is 18.9. The van der Waals surface area contributed by atoms with Gasteiger partial charge in [0, 0.05) is 10.9 Å². The molecule has 3 rings (SSSR count). The number of aliphatic hydroxyl groups is 1. The van der Waals surface area contributed by atoms with Gasteiger partial charge in [0.25, 0.3) is 0 Å². The summed E-state index contributed by atoms with van der Waals surface area (Å²) in [6.07, 6.45) is 0.737. The van der Waals surface area contributed by atoms with Crippen LogP contribution in [-0.4, -0.2) is 5.11 Å². The molecule has 4 heteroatoms. The predicted molar refractivity (Wildman–Crippen MR) is 78.5 cm³/mol. The van der Waals surface area contributed by atoms with Crippen LogP contribution in [0.25, 0.3) is 11.0 Å². The molecule has 2 nitrogen and oxygen atoms in total. The molecule has 1 atom stereocenters. The van der Waals surface area contributed by atoms with Crippen molar-refractivity contribution in [2.75, 3.05) is 0 Å². The fourth-order valence-corrected chi connectivity index (χ4v) is 3.10. The maximum absolute atomic E-state index is 13.3. The van der Waals surface area contributed by atoms with Gasteiger partial charge in [-0.05, 0) is 60.4 Å². The highest BCUT2D eigenvalue weighted by Crippen LogP contribution is 2.32. The van der Waals surface area contributed by atoms with Crippen molar-refractivity contribution in [2.45, 2.75) is 25.9 Å². The monoisotopic (exact) mass is 290 g/mol. The molecule has 20 heavy (non-hydrogen) atoms. The van der Waals surface area contributed by atoms with Gasteiger partial charge in [-0.15, -0.1) is 0 Å². The Morgan fingerprint density at radius 3 is 2.95 bits per heavy atom. The quantitative estimate of drug-likeness (QED) is 0.761. The molecule has 104 valence electrons. The second-order valence-electron chi connectivity index (χ2n) is 4.92. The number of rotatable bonds is 4. The highest BCUT2D eigenvalue weighted by Gasteiger charge is 2.18. The SMILES string of the molecule is Cc1c(C(O)CCc2ccsc2)oc2ccc(F)cc12. The first-order valence-electron chi connectivity index (χ1n) is 6.53. The first-order valence-corrected chi connectivity index (χ1v) is 7.47. The minimum atomic E-state index is -0.662. The van der Waals surface area contributed by atoms with Crippen LogP contribution in [0.1, 0.15) is 29.4 Å².